The normalized spacial score (nSPS) is 13.1. The first-order valence-electron chi connectivity index (χ1n) is 6.11. The Labute approximate surface area is 130 Å². The predicted octanol–water partition coefficient (Wildman–Crippen LogP) is 3.56. The summed E-state index contributed by atoms with van der Waals surface area (Å²) in [5.74, 6) is -0.0948. The monoisotopic (exact) mass is 321 g/mol. The Hall–Kier alpha value is -2.04. The Kier molecular flexibility index (Phi) is 3.57. The molecule has 2 aromatic carbocycles. The van der Waals surface area contributed by atoms with Crippen molar-refractivity contribution in [1.82, 2.24) is 0 Å². The first-order chi connectivity index (χ1) is 10.0. The molecule has 21 heavy (non-hydrogen) atoms. The van der Waals surface area contributed by atoms with Crippen LogP contribution in [0.2, 0.25) is 10.0 Å². The number of hydrogen-bond acceptors (Lipinski definition) is 3. The first kappa shape index (κ1) is 13.9. The number of ketones is 1. The molecule has 106 valence electrons. The van der Waals surface area contributed by atoms with Crippen LogP contribution in [0.5, 0.6) is 5.75 Å². The third-order valence-electron chi connectivity index (χ3n) is 3.03. The van der Waals surface area contributed by atoms with Crippen LogP contribution >= 0.6 is 23.2 Å². The van der Waals surface area contributed by atoms with Gasteiger partial charge in [-0.2, -0.15) is 0 Å². The maximum atomic E-state index is 12.5. The van der Waals surface area contributed by atoms with E-state index in [-0.39, 0.29) is 23.3 Å². The molecule has 1 amide bonds. The summed E-state index contributed by atoms with van der Waals surface area (Å²) < 4.78 is 5.29. The summed E-state index contributed by atoms with van der Waals surface area (Å²) in [7, 11) is 0. The van der Waals surface area contributed by atoms with Crippen LogP contribution < -0.4 is 10.1 Å². The van der Waals surface area contributed by atoms with Crippen LogP contribution in [0.4, 0.5) is 5.69 Å². The number of amides is 1. The van der Waals surface area contributed by atoms with Crippen LogP contribution in [0.3, 0.4) is 0 Å². The number of carbonyl (C=O) groups is 2. The second-order valence-corrected chi connectivity index (χ2v) is 5.35. The third kappa shape index (κ3) is 2.73. The van der Waals surface area contributed by atoms with Gasteiger partial charge in [0.2, 0.25) is 0 Å². The largest absolute Gasteiger partial charge is 0.482 e. The third-order valence-corrected chi connectivity index (χ3v) is 3.58. The quantitative estimate of drug-likeness (QED) is 0.860. The summed E-state index contributed by atoms with van der Waals surface area (Å²) in [6.07, 6.45) is 0. The molecule has 0 atom stereocenters. The van der Waals surface area contributed by atoms with E-state index in [1.807, 2.05) is 0 Å². The van der Waals surface area contributed by atoms with Crippen molar-refractivity contribution in [3.63, 3.8) is 0 Å². The molecular formula is C15H9Cl2NO3. The maximum Gasteiger partial charge on any atom is 0.262 e. The van der Waals surface area contributed by atoms with Crippen molar-refractivity contribution >= 4 is 40.6 Å². The minimum Gasteiger partial charge on any atom is -0.482 e. The average molecular weight is 322 g/mol. The smallest absolute Gasteiger partial charge is 0.262 e. The lowest BCUT2D eigenvalue weighted by molar-refractivity contribution is -0.118. The van der Waals surface area contributed by atoms with Gasteiger partial charge >= 0.3 is 0 Å². The highest BCUT2D eigenvalue weighted by Crippen LogP contribution is 2.34. The van der Waals surface area contributed by atoms with E-state index in [1.54, 1.807) is 24.3 Å². The summed E-state index contributed by atoms with van der Waals surface area (Å²) in [5, 5.41) is 3.35. The summed E-state index contributed by atoms with van der Waals surface area (Å²) in [4.78, 5) is 23.7. The molecule has 0 saturated heterocycles. The highest BCUT2D eigenvalue weighted by atomic mass is 35.5. The van der Waals surface area contributed by atoms with Gasteiger partial charge in [-0.3, -0.25) is 9.59 Å². The molecule has 2 aromatic rings. The first-order valence-corrected chi connectivity index (χ1v) is 6.86. The van der Waals surface area contributed by atoms with Gasteiger partial charge in [0.1, 0.15) is 5.75 Å². The molecule has 4 nitrogen and oxygen atoms in total. The Morgan fingerprint density at radius 3 is 2.76 bits per heavy atom. The standard InChI is InChI=1S/C15H9Cl2NO3/c16-9-3-1-2-8(4-9)15(20)10-5-13-12(6-11(10)17)18-14(19)7-21-13/h1-6H,7H2,(H,18,19). The lowest BCUT2D eigenvalue weighted by atomic mass is 10.0. The number of fused-ring (bicyclic) bond motifs is 1. The lowest BCUT2D eigenvalue weighted by Gasteiger charge is -2.19. The molecule has 0 aromatic heterocycles. The molecule has 1 N–H and O–H groups in total. The van der Waals surface area contributed by atoms with Gasteiger partial charge < -0.3 is 10.1 Å². The van der Waals surface area contributed by atoms with Crippen LogP contribution in [0.1, 0.15) is 15.9 Å². The van der Waals surface area contributed by atoms with E-state index in [0.717, 1.165) is 0 Å². The summed E-state index contributed by atoms with van der Waals surface area (Å²) in [5.41, 5.74) is 1.19. The van der Waals surface area contributed by atoms with Crippen LogP contribution in [-0.2, 0) is 4.79 Å². The van der Waals surface area contributed by atoms with Crippen LogP contribution in [0.15, 0.2) is 36.4 Å². The van der Waals surface area contributed by atoms with Gasteiger partial charge in [-0.25, -0.2) is 0 Å². The summed E-state index contributed by atoms with van der Waals surface area (Å²) in [6.45, 7) is -0.0839. The Morgan fingerprint density at radius 1 is 1.19 bits per heavy atom. The zero-order chi connectivity index (χ0) is 15.0. The molecule has 0 radical (unpaired) electrons. The van der Waals surface area contributed by atoms with Gasteiger partial charge in [0, 0.05) is 16.1 Å². The summed E-state index contributed by atoms with van der Waals surface area (Å²) >= 11 is 12.0. The van der Waals surface area contributed by atoms with Gasteiger partial charge in [-0.15, -0.1) is 0 Å². The van der Waals surface area contributed by atoms with Crippen LogP contribution in [-0.4, -0.2) is 18.3 Å². The van der Waals surface area contributed by atoms with Gasteiger partial charge in [-0.1, -0.05) is 35.3 Å². The van der Waals surface area contributed by atoms with Crippen molar-refractivity contribution in [3.8, 4) is 5.75 Å². The predicted molar refractivity (Wildman–Crippen MR) is 80.5 cm³/mol. The fourth-order valence-electron chi connectivity index (χ4n) is 2.06. The number of benzene rings is 2. The Bertz CT molecular complexity index is 759. The molecule has 0 saturated carbocycles. The highest BCUT2D eigenvalue weighted by molar-refractivity contribution is 6.36. The van der Waals surface area contributed by atoms with E-state index in [9.17, 15) is 9.59 Å². The second kappa shape index (κ2) is 5.39. The number of nitrogens with one attached hydrogen (secondary N) is 1. The molecule has 0 spiro atoms. The topological polar surface area (TPSA) is 55.4 Å². The van der Waals surface area contributed by atoms with E-state index in [1.165, 1.54) is 12.1 Å². The number of hydrogen-bond donors (Lipinski definition) is 1. The van der Waals surface area contributed by atoms with Crippen molar-refractivity contribution in [2.75, 3.05) is 11.9 Å². The van der Waals surface area contributed by atoms with Crippen molar-refractivity contribution in [2.45, 2.75) is 0 Å². The van der Waals surface area contributed by atoms with Crippen molar-refractivity contribution in [2.24, 2.45) is 0 Å². The fraction of sp³-hybridized carbons (Fsp3) is 0.0667. The fourth-order valence-corrected chi connectivity index (χ4v) is 2.50. The molecular weight excluding hydrogens is 313 g/mol. The molecule has 1 aliphatic heterocycles. The number of rotatable bonds is 2. The number of ether oxygens (including phenoxy) is 1. The van der Waals surface area contributed by atoms with Crippen LogP contribution in [0, 0.1) is 0 Å². The van der Waals surface area contributed by atoms with Crippen molar-refractivity contribution in [1.29, 1.82) is 0 Å². The van der Waals surface area contributed by atoms with Gasteiger partial charge in [-0.05, 0) is 24.3 Å². The van der Waals surface area contributed by atoms with E-state index in [2.05, 4.69) is 5.32 Å². The molecule has 1 aliphatic rings. The second-order valence-electron chi connectivity index (χ2n) is 4.50. The van der Waals surface area contributed by atoms with Gasteiger partial charge in [0.15, 0.2) is 12.4 Å². The van der Waals surface area contributed by atoms with Gasteiger partial charge in [0.05, 0.1) is 10.7 Å². The molecule has 6 heteroatoms. The number of halogens is 2. The Morgan fingerprint density at radius 2 is 2.00 bits per heavy atom. The Balaban J connectivity index is 2.03. The van der Waals surface area contributed by atoms with E-state index in [4.69, 9.17) is 27.9 Å². The number of carbonyl (C=O) groups excluding carboxylic acids is 2. The zero-order valence-corrected chi connectivity index (χ0v) is 12.2. The van der Waals surface area contributed by atoms with Crippen molar-refractivity contribution < 1.29 is 14.3 Å². The molecule has 1 heterocycles. The number of anilines is 1. The summed E-state index contributed by atoms with van der Waals surface area (Å²) in [6, 6.07) is 9.64. The van der Waals surface area contributed by atoms with Crippen molar-refractivity contribution in [3.05, 3.63) is 57.6 Å². The minimum absolute atomic E-state index is 0.0839. The molecule has 0 aliphatic carbocycles. The van der Waals surface area contributed by atoms with Crippen LogP contribution in [0.25, 0.3) is 0 Å². The van der Waals surface area contributed by atoms with E-state index >= 15 is 0 Å². The molecule has 0 unspecified atom stereocenters. The SMILES string of the molecule is O=C1COc2cc(C(=O)c3cccc(Cl)c3)c(Cl)cc2N1. The molecule has 3 rings (SSSR count). The molecule has 0 fully saturated rings. The van der Waals surface area contributed by atoms with E-state index in [0.29, 0.717) is 27.6 Å². The zero-order valence-electron chi connectivity index (χ0n) is 10.7. The van der Waals surface area contributed by atoms with Gasteiger partial charge in [0.25, 0.3) is 5.91 Å². The average Bonchev–Trinajstić information content (AvgIpc) is 2.45. The minimum atomic E-state index is -0.259. The maximum absolute atomic E-state index is 12.5. The highest BCUT2D eigenvalue weighted by Gasteiger charge is 2.21. The van der Waals surface area contributed by atoms with E-state index < -0.39 is 0 Å². The molecule has 0 bridgehead atoms. The lowest BCUT2D eigenvalue weighted by Crippen LogP contribution is -2.25.